The fourth-order valence-electron chi connectivity index (χ4n) is 1.59. The van der Waals surface area contributed by atoms with Crippen molar-refractivity contribution in [3.05, 3.63) is 35.1 Å². The minimum absolute atomic E-state index is 0.183. The minimum Gasteiger partial charge on any atom is -0.447 e. The normalized spacial score (nSPS) is 20.0. The Balaban J connectivity index is 2.39. The molecule has 1 N–H and O–H groups in total. The number of halogens is 4. The van der Waals surface area contributed by atoms with Crippen LogP contribution in [-0.2, 0) is 10.9 Å². The van der Waals surface area contributed by atoms with Crippen molar-refractivity contribution in [1.82, 2.24) is 5.32 Å². The van der Waals surface area contributed by atoms with Crippen LogP contribution in [0.15, 0.2) is 18.2 Å². The van der Waals surface area contributed by atoms with Gasteiger partial charge in [0.1, 0.15) is 12.4 Å². The van der Waals surface area contributed by atoms with E-state index in [1.165, 1.54) is 6.07 Å². The van der Waals surface area contributed by atoms with Crippen LogP contribution in [0.3, 0.4) is 0 Å². The average Bonchev–Trinajstić information content (AvgIpc) is 2.63. The fourth-order valence-corrected chi connectivity index (χ4v) is 1.59. The van der Waals surface area contributed by atoms with Crippen LogP contribution < -0.4 is 5.32 Å². The summed E-state index contributed by atoms with van der Waals surface area (Å²) in [6.45, 7) is -0.183. The average molecular weight is 249 g/mol. The van der Waals surface area contributed by atoms with Gasteiger partial charge in [0, 0.05) is 5.56 Å². The number of alkyl halides is 3. The number of ether oxygens (including phenoxy) is 1. The largest absolute Gasteiger partial charge is 0.447 e. The van der Waals surface area contributed by atoms with E-state index in [1.807, 2.05) is 0 Å². The van der Waals surface area contributed by atoms with Crippen LogP contribution in [0.1, 0.15) is 17.2 Å². The lowest BCUT2D eigenvalue weighted by atomic mass is 10.0. The summed E-state index contributed by atoms with van der Waals surface area (Å²) in [6.07, 6.45) is -5.53. The molecule has 1 heterocycles. The van der Waals surface area contributed by atoms with Crippen molar-refractivity contribution in [3.8, 4) is 0 Å². The molecule has 1 unspecified atom stereocenters. The van der Waals surface area contributed by atoms with E-state index in [1.54, 1.807) is 0 Å². The van der Waals surface area contributed by atoms with Gasteiger partial charge in [-0.2, -0.15) is 13.2 Å². The molecule has 1 aliphatic rings. The third-order valence-electron chi connectivity index (χ3n) is 2.38. The molecule has 1 saturated heterocycles. The van der Waals surface area contributed by atoms with Gasteiger partial charge in [-0.1, -0.05) is 12.1 Å². The molecule has 1 atom stereocenters. The molecule has 17 heavy (non-hydrogen) atoms. The quantitative estimate of drug-likeness (QED) is 0.777. The second-order valence-corrected chi connectivity index (χ2v) is 3.50. The molecule has 0 aromatic heterocycles. The summed E-state index contributed by atoms with van der Waals surface area (Å²) in [7, 11) is 0. The predicted molar refractivity (Wildman–Crippen MR) is 48.6 cm³/mol. The molecule has 0 spiro atoms. The molecule has 0 bridgehead atoms. The Hall–Kier alpha value is -1.79. The number of carbonyl (C=O) groups excluding carboxylic acids is 1. The highest BCUT2D eigenvalue weighted by Gasteiger charge is 2.37. The molecule has 1 aliphatic heterocycles. The summed E-state index contributed by atoms with van der Waals surface area (Å²) >= 11 is 0. The topological polar surface area (TPSA) is 38.3 Å². The van der Waals surface area contributed by atoms with E-state index in [0.717, 1.165) is 6.07 Å². The summed E-state index contributed by atoms with van der Waals surface area (Å²) in [6, 6.07) is 2.04. The molecular weight excluding hydrogens is 242 g/mol. The molecule has 0 aliphatic carbocycles. The second kappa shape index (κ2) is 3.90. The van der Waals surface area contributed by atoms with Crippen LogP contribution in [0.4, 0.5) is 22.4 Å². The van der Waals surface area contributed by atoms with Crippen molar-refractivity contribution in [2.45, 2.75) is 12.2 Å². The molecule has 3 nitrogen and oxygen atoms in total. The SMILES string of the molecule is O=C1NC(c2cccc(C(F)(F)F)c2F)CO1. The first-order valence-corrected chi connectivity index (χ1v) is 4.68. The molecule has 1 amide bonds. The van der Waals surface area contributed by atoms with E-state index < -0.39 is 29.7 Å². The maximum absolute atomic E-state index is 13.6. The number of rotatable bonds is 1. The number of amides is 1. The molecule has 0 saturated carbocycles. The van der Waals surface area contributed by atoms with Crippen molar-refractivity contribution in [2.75, 3.05) is 6.61 Å². The summed E-state index contributed by atoms with van der Waals surface area (Å²) < 4.78 is 55.4. The molecule has 1 aromatic rings. The Morgan fingerprint density at radius 1 is 1.35 bits per heavy atom. The Morgan fingerprint density at radius 3 is 2.59 bits per heavy atom. The van der Waals surface area contributed by atoms with E-state index in [0.29, 0.717) is 6.07 Å². The first kappa shape index (κ1) is 11.7. The highest BCUT2D eigenvalue weighted by molar-refractivity contribution is 5.70. The Morgan fingerprint density at radius 2 is 2.06 bits per heavy atom. The second-order valence-electron chi connectivity index (χ2n) is 3.50. The van der Waals surface area contributed by atoms with Gasteiger partial charge in [0.15, 0.2) is 0 Å². The van der Waals surface area contributed by atoms with Gasteiger partial charge in [0.2, 0.25) is 0 Å². The first-order valence-electron chi connectivity index (χ1n) is 4.68. The van der Waals surface area contributed by atoms with Crippen LogP contribution in [0.2, 0.25) is 0 Å². The number of benzene rings is 1. The predicted octanol–water partition coefficient (Wildman–Crippen LogP) is 2.63. The number of alkyl carbamates (subject to hydrolysis) is 1. The summed E-state index contributed by atoms with van der Waals surface area (Å²) in [5.41, 5.74) is -1.58. The number of hydrogen-bond donors (Lipinski definition) is 1. The maximum Gasteiger partial charge on any atom is 0.419 e. The third kappa shape index (κ3) is 2.17. The van der Waals surface area contributed by atoms with Crippen LogP contribution in [0, 0.1) is 5.82 Å². The minimum atomic E-state index is -4.76. The molecule has 7 heteroatoms. The van der Waals surface area contributed by atoms with E-state index in [4.69, 9.17) is 0 Å². The van der Waals surface area contributed by atoms with Gasteiger partial charge in [0.25, 0.3) is 0 Å². The lowest BCUT2D eigenvalue weighted by Gasteiger charge is -2.13. The Kier molecular flexibility index (Phi) is 2.68. The highest BCUT2D eigenvalue weighted by atomic mass is 19.4. The highest BCUT2D eigenvalue weighted by Crippen LogP contribution is 2.34. The van der Waals surface area contributed by atoms with Gasteiger partial charge in [-0.3, -0.25) is 0 Å². The molecular formula is C10H7F4NO2. The maximum atomic E-state index is 13.6. The van der Waals surface area contributed by atoms with E-state index in [9.17, 15) is 22.4 Å². The molecule has 1 aromatic carbocycles. The third-order valence-corrected chi connectivity index (χ3v) is 2.38. The van der Waals surface area contributed by atoms with Gasteiger partial charge >= 0.3 is 12.3 Å². The van der Waals surface area contributed by atoms with Crippen molar-refractivity contribution < 1.29 is 27.1 Å². The van der Waals surface area contributed by atoms with Gasteiger partial charge in [-0.05, 0) is 6.07 Å². The van der Waals surface area contributed by atoms with Gasteiger partial charge in [0.05, 0.1) is 11.6 Å². The summed E-state index contributed by atoms with van der Waals surface area (Å²) in [5.74, 6) is -1.38. The van der Waals surface area contributed by atoms with Crippen LogP contribution in [0.5, 0.6) is 0 Å². The van der Waals surface area contributed by atoms with Gasteiger partial charge in [-0.15, -0.1) is 0 Å². The van der Waals surface area contributed by atoms with Crippen LogP contribution in [0.25, 0.3) is 0 Å². The molecule has 1 fully saturated rings. The van der Waals surface area contributed by atoms with E-state index in [2.05, 4.69) is 10.1 Å². The molecule has 92 valence electrons. The van der Waals surface area contributed by atoms with Crippen molar-refractivity contribution >= 4 is 6.09 Å². The van der Waals surface area contributed by atoms with E-state index in [-0.39, 0.29) is 12.2 Å². The van der Waals surface area contributed by atoms with Crippen LogP contribution in [-0.4, -0.2) is 12.7 Å². The Labute approximate surface area is 93.4 Å². The lowest BCUT2D eigenvalue weighted by Crippen LogP contribution is -2.21. The summed E-state index contributed by atoms with van der Waals surface area (Å²) in [4.78, 5) is 10.7. The standard InChI is InChI=1S/C10H7F4NO2/c11-8-5(7-4-17-9(16)15-7)2-1-3-6(8)10(12,13)14/h1-3,7H,4H2,(H,15,16). The monoisotopic (exact) mass is 249 g/mol. The number of hydrogen-bond acceptors (Lipinski definition) is 2. The smallest absolute Gasteiger partial charge is 0.419 e. The zero-order valence-corrected chi connectivity index (χ0v) is 8.34. The fraction of sp³-hybridized carbons (Fsp3) is 0.300. The lowest BCUT2D eigenvalue weighted by molar-refractivity contribution is -0.140. The number of carbonyl (C=O) groups is 1. The number of cyclic esters (lactones) is 1. The zero-order chi connectivity index (χ0) is 12.6. The van der Waals surface area contributed by atoms with Crippen molar-refractivity contribution in [2.24, 2.45) is 0 Å². The zero-order valence-electron chi connectivity index (χ0n) is 8.34. The number of nitrogens with one attached hydrogen (secondary N) is 1. The summed E-state index contributed by atoms with van der Waals surface area (Å²) in [5, 5.41) is 2.22. The first-order chi connectivity index (χ1) is 7.89. The Bertz CT molecular complexity index is 458. The van der Waals surface area contributed by atoms with E-state index >= 15 is 0 Å². The van der Waals surface area contributed by atoms with Crippen LogP contribution >= 0.6 is 0 Å². The van der Waals surface area contributed by atoms with Crippen molar-refractivity contribution in [3.63, 3.8) is 0 Å². The van der Waals surface area contributed by atoms with Gasteiger partial charge in [-0.25, -0.2) is 9.18 Å². The molecule has 0 radical (unpaired) electrons. The van der Waals surface area contributed by atoms with Gasteiger partial charge < -0.3 is 10.1 Å². The molecule has 2 rings (SSSR count). The van der Waals surface area contributed by atoms with Crippen molar-refractivity contribution in [1.29, 1.82) is 0 Å².